The second-order valence-corrected chi connectivity index (χ2v) is 7.64. The number of aliphatic hydroxyl groups excluding tert-OH is 1. The molecule has 2 aromatic rings. The molecular formula is C22H27N3O3. The van der Waals surface area contributed by atoms with Crippen LogP contribution in [-0.2, 0) is 19.4 Å². The van der Waals surface area contributed by atoms with E-state index in [9.17, 15) is 15.0 Å². The van der Waals surface area contributed by atoms with E-state index in [1.54, 1.807) is 6.07 Å². The highest BCUT2D eigenvalue weighted by molar-refractivity contribution is 5.99. The Bertz CT molecular complexity index is 868. The lowest BCUT2D eigenvalue weighted by molar-refractivity contribution is 0.0840. The summed E-state index contributed by atoms with van der Waals surface area (Å²) >= 11 is 0. The molecule has 1 unspecified atom stereocenters. The zero-order chi connectivity index (χ0) is 19.5. The molecule has 0 aromatic heterocycles. The van der Waals surface area contributed by atoms with Crippen molar-refractivity contribution >= 4 is 11.6 Å². The smallest absolute Gasteiger partial charge is 0.255 e. The summed E-state index contributed by atoms with van der Waals surface area (Å²) in [4.78, 5) is 14.7. The molecule has 0 saturated carbocycles. The third-order valence-corrected chi connectivity index (χ3v) is 5.61. The van der Waals surface area contributed by atoms with Gasteiger partial charge in [-0.05, 0) is 42.0 Å². The lowest BCUT2D eigenvalue weighted by atomic mass is 9.99. The van der Waals surface area contributed by atoms with E-state index in [0.717, 1.165) is 44.5 Å². The number of β-amino-alcohol motifs (C(OH)–C–C–N with tert-alkyl or cyclic N) is 1. The number of carbonyl (C=O) groups excluding carboxylic acids is 1. The van der Waals surface area contributed by atoms with E-state index in [4.69, 9.17) is 0 Å². The number of aromatic hydroxyl groups is 1. The third kappa shape index (κ3) is 3.98. The van der Waals surface area contributed by atoms with Crippen LogP contribution < -0.4 is 10.6 Å². The molecule has 2 aliphatic rings. The Labute approximate surface area is 165 Å². The predicted molar refractivity (Wildman–Crippen MR) is 109 cm³/mol. The standard InChI is InChI=1S/C22H27N3O3/c26-18(14-25-11-9-15-4-1-2-5-17(15)13-25)12-24-22(28)19-8-7-16-6-3-10-23-20(16)21(19)27/h1-2,4-5,7-8,18,23,26-27H,3,6,9-14H2,(H,24,28). The van der Waals surface area contributed by atoms with Gasteiger partial charge in [0.15, 0.2) is 5.75 Å². The summed E-state index contributed by atoms with van der Waals surface area (Å²) in [6.07, 6.45) is 2.23. The summed E-state index contributed by atoms with van der Waals surface area (Å²) in [5.41, 5.74) is 4.61. The van der Waals surface area contributed by atoms with Crippen molar-refractivity contribution < 1.29 is 15.0 Å². The summed E-state index contributed by atoms with van der Waals surface area (Å²) in [6.45, 7) is 3.17. The molecule has 1 atom stereocenters. The molecule has 0 saturated heterocycles. The predicted octanol–water partition coefficient (Wildman–Crippen LogP) is 1.90. The number of nitrogens with one attached hydrogen (secondary N) is 2. The second kappa shape index (κ2) is 8.20. The van der Waals surface area contributed by atoms with Gasteiger partial charge < -0.3 is 20.8 Å². The molecule has 4 rings (SSSR count). The molecule has 28 heavy (non-hydrogen) atoms. The van der Waals surface area contributed by atoms with E-state index in [0.29, 0.717) is 12.2 Å². The minimum atomic E-state index is -0.660. The van der Waals surface area contributed by atoms with E-state index in [2.05, 4.69) is 33.7 Å². The number of amides is 1. The number of aliphatic hydroxyl groups is 1. The molecule has 2 aliphatic heterocycles. The highest BCUT2D eigenvalue weighted by atomic mass is 16.3. The molecule has 0 fully saturated rings. The van der Waals surface area contributed by atoms with Gasteiger partial charge in [-0.2, -0.15) is 0 Å². The average Bonchev–Trinajstić information content (AvgIpc) is 2.72. The van der Waals surface area contributed by atoms with Gasteiger partial charge in [-0.3, -0.25) is 9.69 Å². The molecule has 0 spiro atoms. The fourth-order valence-corrected chi connectivity index (χ4v) is 4.09. The van der Waals surface area contributed by atoms with E-state index in [-0.39, 0.29) is 23.8 Å². The van der Waals surface area contributed by atoms with Crippen molar-refractivity contribution in [2.75, 3.05) is 31.5 Å². The maximum atomic E-state index is 12.5. The Kier molecular flexibility index (Phi) is 5.50. The maximum Gasteiger partial charge on any atom is 0.255 e. The zero-order valence-corrected chi connectivity index (χ0v) is 15.9. The number of rotatable bonds is 5. The van der Waals surface area contributed by atoms with Crippen molar-refractivity contribution in [1.29, 1.82) is 0 Å². The number of phenols is 1. The summed E-state index contributed by atoms with van der Waals surface area (Å²) < 4.78 is 0. The first-order chi connectivity index (χ1) is 13.6. The highest BCUT2D eigenvalue weighted by Crippen LogP contribution is 2.34. The van der Waals surface area contributed by atoms with Crippen LogP contribution in [0, 0.1) is 0 Å². The number of aryl methyl sites for hydroxylation is 1. The quantitative estimate of drug-likeness (QED) is 0.595. The molecule has 148 valence electrons. The fourth-order valence-electron chi connectivity index (χ4n) is 4.09. The molecule has 2 aromatic carbocycles. The summed E-state index contributed by atoms with van der Waals surface area (Å²) in [7, 11) is 0. The van der Waals surface area contributed by atoms with Crippen LogP contribution in [0.3, 0.4) is 0 Å². The van der Waals surface area contributed by atoms with Crippen LogP contribution in [0.15, 0.2) is 36.4 Å². The van der Waals surface area contributed by atoms with E-state index >= 15 is 0 Å². The van der Waals surface area contributed by atoms with Gasteiger partial charge in [-0.1, -0.05) is 30.3 Å². The van der Waals surface area contributed by atoms with Crippen LogP contribution in [0.25, 0.3) is 0 Å². The van der Waals surface area contributed by atoms with Crippen LogP contribution in [-0.4, -0.2) is 53.3 Å². The number of benzene rings is 2. The van der Waals surface area contributed by atoms with Crippen molar-refractivity contribution in [2.45, 2.75) is 31.9 Å². The number of anilines is 1. The van der Waals surface area contributed by atoms with Gasteiger partial charge >= 0.3 is 0 Å². The molecule has 2 heterocycles. The van der Waals surface area contributed by atoms with Crippen molar-refractivity contribution in [2.24, 2.45) is 0 Å². The second-order valence-electron chi connectivity index (χ2n) is 7.64. The van der Waals surface area contributed by atoms with Crippen molar-refractivity contribution in [1.82, 2.24) is 10.2 Å². The molecule has 0 aliphatic carbocycles. The number of hydrogen-bond acceptors (Lipinski definition) is 5. The number of phenolic OH excluding ortho intramolecular Hbond substituents is 1. The van der Waals surface area contributed by atoms with Gasteiger partial charge in [-0.15, -0.1) is 0 Å². The summed E-state index contributed by atoms with van der Waals surface area (Å²) in [5.74, 6) is -0.368. The van der Waals surface area contributed by atoms with E-state index in [1.807, 2.05) is 12.1 Å². The monoisotopic (exact) mass is 381 g/mol. The van der Waals surface area contributed by atoms with Crippen LogP contribution in [0.5, 0.6) is 5.75 Å². The zero-order valence-electron chi connectivity index (χ0n) is 15.9. The van der Waals surface area contributed by atoms with Crippen LogP contribution in [0.4, 0.5) is 5.69 Å². The minimum absolute atomic E-state index is 0.00294. The average molecular weight is 381 g/mol. The van der Waals surface area contributed by atoms with Crippen molar-refractivity contribution in [3.8, 4) is 5.75 Å². The number of carbonyl (C=O) groups is 1. The SMILES string of the molecule is O=C(NCC(O)CN1CCc2ccccc2C1)c1ccc2c(c1O)NCCC2. The van der Waals surface area contributed by atoms with Gasteiger partial charge in [0, 0.05) is 32.7 Å². The van der Waals surface area contributed by atoms with Gasteiger partial charge in [0.2, 0.25) is 0 Å². The van der Waals surface area contributed by atoms with Crippen LogP contribution in [0.2, 0.25) is 0 Å². The van der Waals surface area contributed by atoms with Gasteiger partial charge in [0.1, 0.15) is 0 Å². The highest BCUT2D eigenvalue weighted by Gasteiger charge is 2.22. The van der Waals surface area contributed by atoms with Gasteiger partial charge in [-0.25, -0.2) is 0 Å². The summed E-state index contributed by atoms with van der Waals surface area (Å²) in [5, 5.41) is 26.7. The molecule has 6 heteroatoms. The Morgan fingerprint density at radius 3 is 2.82 bits per heavy atom. The maximum absolute atomic E-state index is 12.5. The molecule has 4 N–H and O–H groups in total. The Morgan fingerprint density at radius 2 is 1.96 bits per heavy atom. The lowest BCUT2D eigenvalue weighted by Crippen LogP contribution is -2.42. The number of nitrogens with zero attached hydrogens (tertiary/aromatic N) is 1. The molecule has 6 nitrogen and oxygen atoms in total. The van der Waals surface area contributed by atoms with Crippen molar-refractivity contribution in [3.05, 3.63) is 58.7 Å². The Morgan fingerprint density at radius 1 is 1.14 bits per heavy atom. The third-order valence-electron chi connectivity index (χ3n) is 5.61. The first-order valence-corrected chi connectivity index (χ1v) is 9.96. The molecule has 0 radical (unpaired) electrons. The number of hydrogen-bond donors (Lipinski definition) is 4. The van der Waals surface area contributed by atoms with E-state index < -0.39 is 6.10 Å². The number of fused-ring (bicyclic) bond motifs is 2. The Balaban J connectivity index is 1.32. The Hall–Kier alpha value is -2.57. The fraction of sp³-hybridized carbons (Fsp3) is 0.409. The van der Waals surface area contributed by atoms with Crippen LogP contribution in [0.1, 0.15) is 33.5 Å². The molecule has 0 bridgehead atoms. The van der Waals surface area contributed by atoms with Crippen molar-refractivity contribution in [3.63, 3.8) is 0 Å². The topological polar surface area (TPSA) is 84.8 Å². The minimum Gasteiger partial charge on any atom is -0.505 e. The first kappa shape index (κ1) is 18.8. The van der Waals surface area contributed by atoms with Crippen LogP contribution >= 0.6 is 0 Å². The largest absolute Gasteiger partial charge is 0.505 e. The van der Waals surface area contributed by atoms with Gasteiger partial charge in [0.25, 0.3) is 5.91 Å². The molecular weight excluding hydrogens is 354 g/mol. The molecule has 1 amide bonds. The van der Waals surface area contributed by atoms with Gasteiger partial charge in [0.05, 0.1) is 17.4 Å². The normalized spacial score (nSPS) is 17.2. The lowest BCUT2D eigenvalue weighted by Gasteiger charge is -2.30. The summed E-state index contributed by atoms with van der Waals surface area (Å²) in [6, 6.07) is 11.9. The van der Waals surface area contributed by atoms with E-state index in [1.165, 1.54) is 11.1 Å². The first-order valence-electron chi connectivity index (χ1n) is 9.96.